The molecule has 3 aromatic rings. The first-order valence-corrected chi connectivity index (χ1v) is 9.38. The van der Waals surface area contributed by atoms with Crippen LogP contribution < -0.4 is 5.32 Å². The normalized spacial score (nSPS) is 10.8. The summed E-state index contributed by atoms with van der Waals surface area (Å²) in [5.41, 5.74) is 3.19. The number of rotatable bonds is 7. The van der Waals surface area contributed by atoms with Crippen molar-refractivity contribution in [3.05, 3.63) is 57.1 Å². The molecule has 0 saturated heterocycles. The van der Waals surface area contributed by atoms with Crippen molar-refractivity contribution < 1.29 is 4.79 Å². The van der Waals surface area contributed by atoms with Crippen molar-refractivity contribution in [3.63, 3.8) is 0 Å². The van der Waals surface area contributed by atoms with Crippen molar-refractivity contribution in [1.82, 2.24) is 20.5 Å². The number of nitrogens with zero attached hydrogens (tertiary/aromatic N) is 2. The Hall–Kier alpha value is -2.18. The molecule has 2 N–H and O–H groups in total. The number of thiazole rings is 1. The number of aryl methyl sites for hydroxylation is 2. The average Bonchev–Trinajstić information content (AvgIpc) is 3.24. The fraction of sp³-hybridized carbons (Fsp3) is 0.278. The number of halogens is 1. The molecule has 2 aromatic heterocycles. The van der Waals surface area contributed by atoms with E-state index in [9.17, 15) is 4.79 Å². The zero-order chi connectivity index (χ0) is 17.6. The Morgan fingerprint density at radius 3 is 2.80 bits per heavy atom. The van der Waals surface area contributed by atoms with E-state index in [1.165, 1.54) is 0 Å². The Morgan fingerprint density at radius 1 is 1.28 bits per heavy atom. The average molecular weight is 375 g/mol. The monoisotopic (exact) mass is 374 g/mol. The summed E-state index contributed by atoms with van der Waals surface area (Å²) in [6, 6.07) is 7.31. The van der Waals surface area contributed by atoms with Gasteiger partial charge >= 0.3 is 0 Å². The molecule has 0 fully saturated rings. The Morgan fingerprint density at radius 2 is 2.08 bits per heavy atom. The van der Waals surface area contributed by atoms with Crippen LogP contribution in [0.1, 0.15) is 33.9 Å². The largest absolute Gasteiger partial charge is 0.352 e. The van der Waals surface area contributed by atoms with Crippen LogP contribution >= 0.6 is 22.9 Å². The van der Waals surface area contributed by atoms with Crippen molar-refractivity contribution in [2.45, 2.75) is 26.2 Å². The third kappa shape index (κ3) is 4.67. The van der Waals surface area contributed by atoms with Crippen LogP contribution in [0, 0.1) is 6.92 Å². The molecular weight excluding hydrogens is 356 g/mol. The summed E-state index contributed by atoms with van der Waals surface area (Å²) < 4.78 is 0. The summed E-state index contributed by atoms with van der Waals surface area (Å²) >= 11 is 7.60. The standard InChI is InChI=1S/C18H19ClN4OS/c1-12-11-25-16(22-12)4-2-3-9-20-18(24)15-10-21-23-17(15)13-5-7-14(19)8-6-13/h5-8,10-11H,2-4,9H2,1H3,(H,20,24)(H,21,23). The number of carbonyl (C=O) groups is 1. The second-order valence-electron chi connectivity index (χ2n) is 5.76. The predicted molar refractivity (Wildman–Crippen MR) is 101 cm³/mol. The SMILES string of the molecule is Cc1csc(CCCCNC(=O)c2cn[nH]c2-c2ccc(Cl)cc2)n1. The number of aromatic amines is 1. The summed E-state index contributed by atoms with van der Waals surface area (Å²) in [7, 11) is 0. The number of H-pyrrole nitrogens is 1. The van der Waals surface area contributed by atoms with Gasteiger partial charge in [-0.1, -0.05) is 23.7 Å². The molecule has 0 unspecified atom stereocenters. The number of hydrogen-bond donors (Lipinski definition) is 2. The smallest absolute Gasteiger partial charge is 0.255 e. The van der Waals surface area contributed by atoms with Gasteiger partial charge in [0.15, 0.2) is 0 Å². The minimum atomic E-state index is -0.121. The minimum Gasteiger partial charge on any atom is -0.352 e. The zero-order valence-corrected chi connectivity index (χ0v) is 15.5. The van der Waals surface area contributed by atoms with Gasteiger partial charge < -0.3 is 5.32 Å². The Bertz CT molecular complexity index is 841. The van der Waals surface area contributed by atoms with Gasteiger partial charge in [0, 0.05) is 28.2 Å². The maximum absolute atomic E-state index is 12.4. The number of hydrogen-bond acceptors (Lipinski definition) is 4. The number of nitrogens with one attached hydrogen (secondary N) is 2. The van der Waals surface area contributed by atoms with Crippen molar-refractivity contribution in [2.75, 3.05) is 6.54 Å². The summed E-state index contributed by atoms with van der Waals surface area (Å²) in [6.45, 7) is 2.64. The lowest BCUT2D eigenvalue weighted by molar-refractivity contribution is 0.0953. The third-order valence-electron chi connectivity index (χ3n) is 3.79. The van der Waals surface area contributed by atoms with E-state index < -0.39 is 0 Å². The topological polar surface area (TPSA) is 70.7 Å². The van der Waals surface area contributed by atoms with Crippen molar-refractivity contribution in [1.29, 1.82) is 0 Å². The van der Waals surface area contributed by atoms with Gasteiger partial charge in [-0.15, -0.1) is 11.3 Å². The highest BCUT2D eigenvalue weighted by molar-refractivity contribution is 7.09. The lowest BCUT2D eigenvalue weighted by atomic mass is 10.1. The fourth-order valence-corrected chi connectivity index (χ4v) is 3.45. The molecule has 0 aliphatic heterocycles. The lowest BCUT2D eigenvalue weighted by Crippen LogP contribution is -2.24. The Balaban J connectivity index is 1.50. The van der Waals surface area contributed by atoms with Gasteiger partial charge in [0.1, 0.15) is 0 Å². The Kier molecular flexibility index (Phi) is 5.83. The number of amides is 1. The highest BCUT2D eigenvalue weighted by atomic mass is 35.5. The zero-order valence-electron chi connectivity index (χ0n) is 13.9. The summed E-state index contributed by atoms with van der Waals surface area (Å²) in [5.74, 6) is -0.121. The maximum Gasteiger partial charge on any atom is 0.255 e. The van der Waals surface area contributed by atoms with E-state index in [1.807, 2.05) is 19.1 Å². The number of carbonyl (C=O) groups excluding carboxylic acids is 1. The van der Waals surface area contributed by atoms with Gasteiger partial charge in [0.2, 0.25) is 0 Å². The van der Waals surface area contributed by atoms with E-state index in [-0.39, 0.29) is 5.91 Å². The molecule has 130 valence electrons. The molecular formula is C18H19ClN4OS. The highest BCUT2D eigenvalue weighted by Crippen LogP contribution is 2.22. The van der Waals surface area contributed by atoms with Gasteiger partial charge in [0.25, 0.3) is 5.91 Å². The fourth-order valence-electron chi connectivity index (χ4n) is 2.51. The van der Waals surface area contributed by atoms with Gasteiger partial charge in [-0.2, -0.15) is 5.10 Å². The Labute approximate surface area is 155 Å². The summed E-state index contributed by atoms with van der Waals surface area (Å²) in [5, 5.41) is 13.7. The van der Waals surface area contributed by atoms with Crippen LogP contribution in [0.5, 0.6) is 0 Å². The minimum absolute atomic E-state index is 0.121. The van der Waals surface area contributed by atoms with E-state index in [0.717, 1.165) is 35.5 Å². The van der Waals surface area contributed by atoms with E-state index in [0.29, 0.717) is 22.8 Å². The second-order valence-corrected chi connectivity index (χ2v) is 7.14. The lowest BCUT2D eigenvalue weighted by Gasteiger charge is -2.06. The summed E-state index contributed by atoms with van der Waals surface area (Å²) in [6.07, 6.45) is 4.43. The molecule has 5 nitrogen and oxygen atoms in total. The third-order valence-corrected chi connectivity index (χ3v) is 5.06. The molecule has 25 heavy (non-hydrogen) atoms. The van der Waals surface area contributed by atoms with E-state index in [2.05, 4.69) is 25.9 Å². The first-order valence-electron chi connectivity index (χ1n) is 8.12. The summed E-state index contributed by atoms with van der Waals surface area (Å²) in [4.78, 5) is 16.8. The van der Waals surface area contributed by atoms with E-state index >= 15 is 0 Å². The molecule has 0 aliphatic rings. The molecule has 0 saturated carbocycles. The van der Waals surface area contributed by atoms with Crippen LogP contribution in [0.25, 0.3) is 11.3 Å². The second kappa shape index (κ2) is 8.27. The molecule has 1 amide bonds. The van der Waals surface area contributed by atoms with Crippen LogP contribution in [0.4, 0.5) is 0 Å². The van der Waals surface area contributed by atoms with Crippen molar-refractivity contribution in [2.24, 2.45) is 0 Å². The first-order chi connectivity index (χ1) is 12.1. The van der Waals surface area contributed by atoms with Gasteiger partial charge in [-0.25, -0.2) is 4.98 Å². The van der Waals surface area contributed by atoms with Crippen molar-refractivity contribution >= 4 is 28.8 Å². The first kappa shape index (κ1) is 17.6. The highest BCUT2D eigenvalue weighted by Gasteiger charge is 2.14. The molecule has 2 heterocycles. The molecule has 0 aliphatic carbocycles. The molecule has 1 aromatic carbocycles. The molecule has 0 bridgehead atoms. The molecule has 7 heteroatoms. The van der Waals surface area contributed by atoms with Gasteiger partial charge in [-0.05, 0) is 38.3 Å². The van der Waals surface area contributed by atoms with E-state index in [4.69, 9.17) is 11.6 Å². The van der Waals surface area contributed by atoms with Crippen LogP contribution in [0.15, 0.2) is 35.8 Å². The maximum atomic E-state index is 12.4. The number of aromatic nitrogens is 3. The molecule has 0 radical (unpaired) electrons. The van der Waals surface area contributed by atoms with E-state index in [1.54, 1.807) is 29.7 Å². The molecule has 0 spiro atoms. The number of benzene rings is 1. The van der Waals surface area contributed by atoms with Crippen LogP contribution in [-0.2, 0) is 6.42 Å². The van der Waals surface area contributed by atoms with Crippen LogP contribution in [-0.4, -0.2) is 27.6 Å². The van der Waals surface area contributed by atoms with Gasteiger partial charge in [-0.3, -0.25) is 9.89 Å². The van der Waals surface area contributed by atoms with Crippen molar-refractivity contribution in [3.8, 4) is 11.3 Å². The number of unbranched alkanes of at least 4 members (excludes halogenated alkanes) is 1. The molecule has 3 rings (SSSR count). The van der Waals surface area contributed by atoms with Crippen LogP contribution in [0.2, 0.25) is 5.02 Å². The quantitative estimate of drug-likeness (QED) is 0.607. The predicted octanol–water partition coefficient (Wildman–Crippen LogP) is 4.25. The molecule has 0 atom stereocenters. The van der Waals surface area contributed by atoms with Gasteiger partial charge in [0.05, 0.1) is 22.5 Å². The van der Waals surface area contributed by atoms with Crippen LogP contribution in [0.3, 0.4) is 0 Å².